The number of halogens is 1. The van der Waals surface area contributed by atoms with Gasteiger partial charge in [0.15, 0.2) is 17.5 Å². The molecule has 1 aromatic carbocycles. The highest BCUT2D eigenvalue weighted by Gasteiger charge is 2.13. The number of methoxy groups -OCH3 is 3. The van der Waals surface area contributed by atoms with Gasteiger partial charge in [-0.3, -0.25) is 9.67 Å². The Morgan fingerprint density at radius 1 is 1.11 bits per heavy atom. The number of guanidine groups is 1. The first-order valence-corrected chi connectivity index (χ1v) is 8.33. The molecule has 0 spiro atoms. The lowest BCUT2D eigenvalue weighted by molar-refractivity contribution is 0.323. The second kappa shape index (κ2) is 11.5. The molecule has 2 aromatic rings. The summed E-state index contributed by atoms with van der Waals surface area (Å²) >= 11 is 0. The SMILES string of the molecule is CN=C(NCCn1cc(C)cn1)NCc1cc(OC)c(OC)c(OC)c1.I. The van der Waals surface area contributed by atoms with Crippen LogP contribution in [-0.2, 0) is 13.1 Å². The molecular formula is C18H28IN5O3. The molecule has 0 unspecified atom stereocenters. The van der Waals surface area contributed by atoms with E-state index in [1.54, 1.807) is 28.4 Å². The zero-order valence-corrected chi connectivity index (χ0v) is 18.7. The Kier molecular flexibility index (Phi) is 9.76. The standard InChI is InChI=1S/C18H27N5O3.HI/c1-13-10-22-23(12-13)7-6-20-18(19-2)21-11-14-8-15(24-3)17(26-5)16(9-14)25-4;/h8-10,12H,6-7,11H2,1-5H3,(H2,19,20,21);1H. The maximum Gasteiger partial charge on any atom is 0.203 e. The van der Waals surface area contributed by atoms with Gasteiger partial charge in [0.05, 0.1) is 34.1 Å². The Bertz CT molecular complexity index is 723. The quantitative estimate of drug-likeness (QED) is 0.336. The van der Waals surface area contributed by atoms with E-state index >= 15 is 0 Å². The minimum absolute atomic E-state index is 0. The summed E-state index contributed by atoms with van der Waals surface area (Å²) in [7, 11) is 6.53. The van der Waals surface area contributed by atoms with Crippen LogP contribution in [-0.4, -0.2) is 50.7 Å². The third-order valence-electron chi connectivity index (χ3n) is 3.80. The van der Waals surface area contributed by atoms with Crippen molar-refractivity contribution in [2.24, 2.45) is 4.99 Å². The maximum absolute atomic E-state index is 5.38. The van der Waals surface area contributed by atoms with Crippen molar-refractivity contribution in [3.8, 4) is 17.2 Å². The van der Waals surface area contributed by atoms with E-state index in [4.69, 9.17) is 14.2 Å². The monoisotopic (exact) mass is 489 g/mol. The van der Waals surface area contributed by atoms with Gasteiger partial charge in [-0.1, -0.05) is 0 Å². The highest BCUT2D eigenvalue weighted by Crippen LogP contribution is 2.38. The maximum atomic E-state index is 5.38. The summed E-state index contributed by atoms with van der Waals surface area (Å²) in [5.41, 5.74) is 2.14. The predicted octanol–water partition coefficient (Wildman–Crippen LogP) is 2.20. The number of hydrogen-bond acceptors (Lipinski definition) is 5. The third kappa shape index (κ3) is 6.49. The fourth-order valence-corrected chi connectivity index (χ4v) is 2.52. The van der Waals surface area contributed by atoms with Gasteiger partial charge in [-0.15, -0.1) is 24.0 Å². The average Bonchev–Trinajstić information content (AvgIpc) is 3.08. The van der Waals surface area contributed by atoms with Crippen molar-refractivity contribution in [1.29, 1.82) is 0 Å². The molecular weight excluding hydrogens is 461 g/mol. The van der Waals surface area contributed by atoms with Crippen molar-refractivity contribution < 1.29 is 14.2 Å². The first-order valence-electron chi connectivity index (χ1n) is 8.33. The van der Waals surface area contributed by atoms with Crippen LogP contribution in [0.1, 0.15) is 11.1 Å². The summed E-state index contributed by atoms with van der Waals surface area (Å²) < 4.78 is 18.0. The molecule has 0 bridgehead atoms. The van der Waals surface area contributed by atoms with Gasteiger partial charge in [0, 0.05) is 26.3 Å². The van der Waals surface area contributed by atoms with Gasteiger partial charge >= 0.3 is 0 Å². The molecule has 8 nitrogen and oxygen atoms in total. The molecule has 2 rings (SSSR count). The summed E-state index contributed by atoms with van der Waals surface area (Å²) in [6, 6.07) is 3.82. The zero-order valence-electron chi connectivity index (χ0n) is 16.4. The van der Waals surface area contributed by atoms with Gasteiger partial charge in [0.2, 0.25) is 5.75 Å². The number of nitrogens with one attached hydrogen (secondary N) is 2. The predicted molar refractivity (Wildman–Crippen MR) is 117 cm³/mol. The lowest BCUT2D eigenvalue weighted by Crippen LogP contribution is -2.38. The number of hydrogen-bond donors (Lipinski definition) is 2. The van der Waals surface area contributed by atoms with E-state index in [-0.39, 0.29) is 24.0 Å². The van der Waals surface area contributed by atoms with Crippen molar-refractivity contribution in [3.05, 3.63) is 35.7 Å². The number of ether oxygens (including phenoxy) is 3. The Morgan fingerprint density at radius 2 is 1.78 bits per heavy atom. The van der Waals surface area contributed by atoms with Crippen molar-refractivity contribution in [1.82, 2.24) is 20.4 Å². The van der Waals surface area contributed by atoms with Crippen LogP contribution < -0.4 is 24.8 Å². The van der Waals surface area contributed by atoms with Crippen LogP contribution in [0.3, 0.4) is 0 Å². The molecule has 27 heavy (non-hydrogen) atoms. The van der Waals surface area contributed by atoms with E-state index in [9.17, 15) is 0 Å². The molecule has 0 amide bonds. The summed E-state index contributed by atoms with van der Waals surface area (Å²) in [6.07, 6.45) is 3.85. The second-order valence-corrected chi connectivity index (χ2v) is 5.67. The van der Waals surface area contributed by atoms with Crippen LogP contribution in [0.4, 0.5) is 0 Å². The van der Waals surface area contributed by atoms with Crippen molar-refractivity contribution >= 4 is 29.9 Å². The molecule has 0 aliphatic carbocycles. The molecule has 0 saturated heterocycles. The van der Waals surface area contributed by atoms with E-state index in [1.165, 1.54) is 0 Å². The van der Waals surface area contributed by atoms with Gasteiger partial charge < -0.3 is 24.8 Å². The number of aromatic nitrogens is 2. The minimum atomic E-state index is 0. The molecule has 2 N–H and O–H groups in total. The van der Waals surface area contributed by atoms with Crippen molar-refractivity contribution in [2.45, 2.75) is 20.0 Å². The molecule has 0 atom stereocenters. The van der Waals surface area contributed by atoms with Crippen LogP contribution >= 0.6 is 24.0 Å². The number of nitrogens with zero attached hydrogens (tertiary/aromatic N) is 3. The van der Waals surface area contributed by atoms with Gasteiger partial charge in [-0.2, -0.15) is 5.10 Å². The topological polar surface area (TPSA) is 81.9 Å². The Balaban J connectivity index is 0.00000364. The second-order valence-electron chi connectivity index (χ2n) is 5.67. The lowest BCUT2D eigenvalue weighted by Gasteiger charge is -2.16. The van der Waals surface area contributed by atoms with Crippen molar-refractivity contribution in [3.63, 3.8) is 0 Å². The molecule has 1 aromatic heterocycles. The van der Waals surface area contributed by atoms with Crippen LogP contribution in [0.2, 0.25) is 0 Å². The molecule has 1 heterocycles. The Labute approximate surface area is 177 Å². The van der Waals surface area contributed by atoms with Gasteiger partial charge in [0.1, 0.15) is 0 Å². The smallest absolute Gasteiger partial charge is 0.203 e. The molecule has 0 saturated carbocycles. The highest BCUT2D eigenvalue weighted by atomic mass is 127. The van der Waals surface area contributed by atoms with E-state index in [0.717, 1.165) is 24.2 Å². The molecule has 0 aliphatic rings. The average molecular weight is 489 g/mol. The molecule has 9 heteroatoms. The Hall–Kier alpha value is -2.17. The zero-order chi connectivity index (χ0) is 18.9. The van der Waals surface area contributed by atoms with Crippen LogP contribution in [0.15, 0.2) is 29.5 Å². The first-order chi connectivity index (χ1) is 12.6. The van der Waals surface area contributed by atoms with Gasteiger partial charge in [-0.05, 0) is 30.2 Å². The number of benzene rings is 1. The van der Waals surface area contributed by atoms with E-state index < -0.39 is 0 Å². The summed E-state index contributed by atoms with van der Waals surface area (Å²) in [6.45, 7) is 4.07. The molecule has 0 aliphatic heterocycles. The number of rotatable bonds is 8. The first kappa shape index (κ1) is 22.9. The molecule has 150 valence electrons. The van der Waals surface area contributed by atoms with Gasteiger partial charge in [0.25, 0.3) is 0 Å². The van der Waals surface area contributed by atoms with Crippen LogP contribution in [0, 0.1) is 6.92 Å². The van der Waals surface area contributed by atoms with Crippen molar-refractivity contribution in [2.75, 3.05) is 34.9 Å². The van der Waals surface area contributed by atoms with Crippen LogP contribution in [0.25, 0.3) is 0 Å². The lowest BCUT2D eigenvalue weighted by atomic mass is 10.2. The van der Waals surface area contributed by atoms with E-state index in [2.05, 4.69) is 20.7 Å². The van der Waals surface area contributed by atoms with E-state index in [1.807, 2.05) is 36.1 Å². The number of aliphatic imine (C=N–C) groups is 1. The van der Waals surface area contributed by atoms with Crippen LogP contribution in [0.5, 0.6) is 17.2 Å². The molecule has 0 radical (unpaired) electrons. The highest BCUT2D eigenvalue weighted by molar-refractivity contribution is 14.0. The summed E-state index contributed by atoms with van der Waals surface area (Å²) in [5, 5.41) is 10.8. The normalized spacial score (nSPS) is 10.8. The fourth-order valence-electron chi connectivity index (χ4n) is 2.52. The fraction of sp³-hybridized carbons (Fsp3) is 0.444. The largest absolute Gasteiger partial charge is 0.493 e. The summed E-state index contributed by atoms with van der Waals surface area (Å²) in [4.78, 5) is 4.24. The Morgan fingerprint density at radius 3 is 2.26 bits per heavy atom. The number of aryl methyl sites for hydroxylation is 1. The van der Waals surface area contributed by atoms with E-state index in [0.29, 0.717) is 29.8 Å². The van der Waals surface area contributed by atoms with Gasteiger partial charge in [-0.25, -0.2) is 0 Å². The third-order valence-corrected chi connectivity index (χ3v) is 3.80. The molecule has 0 fully saturated rings. The minimum Gasteiger partial charge on any atom is -0.493 e. The summed E-state index contributed by atoms with van der Waals surface area (Å²) in [5.74, 6) is 2.54.